The van der Waals surface area contributed by atoms with Gasteiger partial charge >= 0.3 is 5.97 Å². The van der Waals surface area contributed by atoms with Gasteiger partial charge in [0.15, 0.2) is 25.0 Å². The molecule has 3 heterocycles. The predicted molar refractivity (Wildman–Crippen MR) is 360 cm³/mol. The van der Waals surface area contributed by atoms with E-state index in [9.17, 15) is 20.5 Å². The van der Waals surface area contributed by atoms with Crippen LogP contribution in [0.25, 0.3) is 10.4 Å². The van der Waals surface area contributed by atoms with Gasteiger partial charge in [-0.2, -0.15) is 0 Å². The molecule has 0 bridgehead atoms. The molecule has 26 atom stereocenters. The van der Waals surface area contributed by atoms with E-state index in [1.165, 1.54) is 6.92 Å². The molecule has 5 aromatic rings. The number of hydrogen-bond acceptors (Lipinski definition) is 17. The van der Waals surface area contributed by atoms with Gasteiger partial charge in [0.05, 0.1) is 102 Å². The second-order valence-corrected chi connectivity index (χ2v) is 27.6. The lowest BCUT2D eigenvalue weighted by Crippen LogP contribution is -2.64. The summed E-state index contributed by atoms with van der Waals surface area (Å²) in [5.74, 6) is -2.34. The first-order valence-corrected chi connectivity index (χ1v) is 34.8. The van der Waals surface area contributed by atoms with Crippen molar-refractivity contribution in [3.63, 3.8) is 0 Å². The Bertz CT molecular complexity index is 3140. The highest BCUT2D eigenvalue weighted by atomic mass is 16.8. The number of rotatable bonds is 29. The number of aliphatic hydroxyl groups is 2. The number of ether oxygens (including phenoxy) is 13. The van der Waals surface area contributed by atoms with Gasteiger partial charge in [0.1, 0.15) is 30.5 Å². The molecule has 96 heavy (non-hydrogen) atoms. The number of benzene rings is 5. The van der Waals surface area contributed by atoms with E-state index in [-0.39, 0.29) is 87.2 Å². The highest BCUT2D eigenvalue weighted by Gasteiger charge is 2.55. The molecule has 2 N–H and O–H groups in total. The van der Waals surface area contributed by atoms with Gasteiger partial charge in [0.2, 0.25) is 0 Å². The van der Waals surface area contributed by atoms with Crippen molar-refractivity contribution in [1.29, 1.82) is 0 Å². The first-order chi connectivity index (χ1) is 46.5. The van der Waals surface area contributed by atoms with Gasteiger partial charge in [0, 0.05) is 29.6 Å². The third-order valence-electron chi connectivity index (χ3n) is 21.3. The standard InChI is InChI=1S/C77H103N3O16/c1-11-61-46(2)50(6)73(90-54(10)81)77(92-61)96-72-51(7)48(4)63(44-85-39-56-29-19-13-20-30-56)93-75(72)89-45-64-47(3)49(5)71(88-42-59-35-25-16-26-36-59)76(94-64)95-68-52(8)65(79-80-78)62(37-60(68)43-84-38-55-27-17-12-18-28-55)91-74-67(83)66(82)69(86-40-57-31-21-14-22-32-57)53(9)70(74)87-41-58-33-23-15-24-34-58/h12-36,46-53,60-77,82-83H,11,37-45H2,1-10H3. The van der Waals surface area contributed by atoms with Crippen LogP contribution in [0.2, 0.25) is 0 Å². The molecule has 0 amide bonds. The Hall–Kier alpha value is -5.68. The van der Waals surface area contributed by atoms with Crippen LogP contribution in [0, 0.1) is 53.3 Å². The van der Waals surface area contributed by atoms with Crippen LogP contribution in [0.1, 0.15) is 110 Å². The number of nitrogens with zero attached hydrogens (tertiary/aromatic N) is 3. The summed E-state index contributed by atoms with van der Waals surface area (Å²) < 4.78 is 89.2. The Morgan fingerprint density at radius 1 is 0.448 bits per heavy atom. The van der Waals surface area contributed by atoms with Gasteiger partial charge in [-0.1, -0.05) is 219 Å². The van der Waals surface area contributed by atoms with Crippen molar-refractivity contribution in [2.45, 2.75) is 219 Å². The highest BCUT2D eigenvalue weighted by molar-refractivity contribution is 5.66. The van der Waals surface area contributed by atoms with E-state index in [4.69, 9.17) is 61.6 Å². The zero-order chi connectivity index (χ0) is 67.8. The molecule has 19 nitrogen and oxygen atoms in total. The van der Waals surface area contributed by atoms with E-state index in [1.54, 1.807) is 0 Å². The third kappa shape index (κ3) is 18.4. The van der Waals surface area contributed by atoms with Crippen LogP contribution in [0.3, 0.4) is 0 Å². The third-order valence-corrected chi connectivity index (χ3v) is 21.3. The molecule has 3 saturated heterocycles. The Morgan fingerprint density at radius 2 is 0.865 bits per heavy atom. The van der Waals surface area contributed by atoms with Gasteiger partial charge < -0.3 is 71.8 Å². The van der Waals surface area contributed by atoms with E-state index >= 15 is 0 Å². The van der Waals surface area contributed by atoms with Crippen LogP contribution in [0.5, 0.6) is 0 Å². The Labute approximate surface area is 567 Å². The van der Waals surface area contributed by atoms with Crippen molar-refractivity contribution in [1.82, 2.24) is 0 Å². The molecule has 19 heteroatoms. The summed E-state index contributed by atoms with van der Waals surface area (Å²) in [6, 6.07) is 48.6. The number of aliphatic hydroxyl groups excluding tert-OH is 2. The van der Waals surface area contributed by atoms with E-state index in [1.807, 2.05) is 166 Å². The summed E-state index contributed by atoms with van der Waals surface area (Å²) in [4.78, 5) is 16.2. The molecule has 2 aliphatic carbocycles. The SMILES string of the molecule is CCC1OC(OC2C(OCC3OC(OC4C(COCc5ccccc5)CC(OC5C(O)C(O)C(OCc6ccccc6)C(C)C5OCc5ccccc5)C(N=[N+]=[N-])C4C)C(OCc4ccccc4)C(C)C3C)OC(COCc3ccccc3)C(C)C2C)C(OC(C)=O)C(C)C1C. The fourth-order valence-electron chi connectivity index (χ4n) is 14.9. The minimum atomic E-state index is -1.46. The summed E-state index contributed by atoms with van der Waals surface area (Å²) in [7, 11) is 0. The van der Waals surface area contributed by atoms with Crippen LogP contribution < -0.4 is 0 Å². The van der Waals surface area contributed by atoms with Gasteiger partial charge in [-0.15, -0.1) is 0 Å². The average Bonchev–Trinajstić information content (AvgIpc) is 0.783. The van der Waals surface area contributed by atoms with Crippen LogP contribution in [0.15, 0.2) is 157 Å². The maximum Gasteiger partial charge on any atom is 0.303 e. The van der Waals surface area contributed by atoms with Crippen LogP contribution >= 0.6 is 0 Å². The summed E-state index contributed by atoms with van der Waals surface area (Å²) in [6.07, 6.45) is -11.9. The minimum absolute atomic E-state index is 0.0550. The van der Waals surface area contributed by atoms with Crippen LogP contribution in [0.4, 0.5) is 0 Å². The van der Waals surface area contributed by atoms with Crippen molar-refractivity contribution < 1.29 is 76.6 Å². The summed E-state index contributed by atoms with van der Waals surface area (Å²) >= 11 is 0. The normalized spacial score (nSPS) is 36.3. The first kappa shape index (κ1) is 73.0. The summed E-state index contributed by atoms with van der Waals surface area (Å²) in [5, 5.41) is 28.9. The van der Waals surface area contributed by atoms with E-state index in [0.717, 1.165) is 34.2 Å². The molecule has 3 aliphatic heterocycles. The molecule has 2 saturated carbocycles. The highest BCUT2D eigenvalue weighted by Crippen LogP contribution is 2.45. The predicted octanol–water partition coefficient (Wildman–Crippen LogP) is 12.8. The van der Waals surface area contributed by atoms with Gasteiger partial charge in [-0.25, -0.2) is 0 Å². The van der Waals surface area contributed by atoms with Gasteiger partial charge in [-0.3, -0.25) is 4.79 Å². The van der Waals surface area contributed by atoms with E-state index < -0.39 is 116 Å². The molecule has 0 radical (unpaired) electrons. The van der Waals surface area contributed by atoms with Crippen molar-refractivity contribution in [2.24, 2.45) is 58.4 Å². The number of hydrogen-bond donors (Lipinski definition) is 2. The Morgan fingerprint density at radius 3 is 1.39 bits per heavy atom. The second-order valence-electron chi connectivity index (χ2n) is 27.6. The Kier molecular flexibility index (Phi) is 26.9. The molecular formula is C77H103N3O16. The van der Waals surface area contributed by atoms with Crippen molar-refractivity contribution in [3.05, 3.63) is 190 Å². The number of carbonyl (C=O) groups is 1. The minimum Gasteiger partial charge on any atom is -0.457 e. The second kappa shape index (κ2) is 35.4. The lowest BCUT2D eigenvalue weighted by molar-refractivity contribution is -0.357. The zero-order valence-corrected chi connectivity index (χ0v) is 57.5. The molecule has 10 rings (SSSR count). The molecule has 5 fully saturated rings. The maximum atomic E-state index is 12.7. The van der Waals surface area contributed by atoms with Crippen molar-refractivity contribution in [2.75, 3.05) is 19.8 Å². The molecule has 522 valence electrons. The monoisotopic (exact) mass is 1330 g/mol. The van der Waals surface area contributed by atoms with Crippen LogP contribution in [-0.2, 0) is 99.4 Å². The fourth-order valence-corrected chi connectivity index (χ4v) is 14.9. The van der Waals surface area contributed by atoms with Gasteiger partial charge in [-0.05, 0) is 81.7 Å². The molecule has 0 spiro atoms. The number of carbonyl (C=O) groups excluding carboxylic acids is 1. The maximum absolute atomic E-state index is 12.7. The smallest absolute Gasteiger partial charge is 0.303 e. The largest absolute Gasteiger partial charge is 0.457 e. The molecule has 5 aromatic carbocycles. The quantitative estimate of drug-likeness (QED) is 0.0196. The van der Waals surface area contributed by atoms with Gasteiger partial charge in [0.25, 0.3) is 0 Å². The molecule has 26 unspecified atom stereocenters. The van der Waals surface area contributed by atoms with E-state index in [2.05, 4.69) is 58.5 Å². The lowest BCUT2D eigenvalue weighted by Gasteiger charge is -2.51. The lowest BCUT2D eigenvalue weighted by atomic mass is 9.74. The average molecular weight is 1330 g/mol. The van der Waals surface area contributed by atoms with E-state index in [0.29, 0.717) is 19.8 Å². The van der Waals surface area contributed by atoms with Crippen molar-refractivity contribution in [3.8, 4) is 0 Å². The molecule has 5 aliphatic rings. The van der Waals surface area contributed by atoms with Crippen LogP contribution in [-0.4, -0.2) is 140 Å². The summed E-state index contributed by atoms with van der Waals surface area (Å²) in [5.41, 5.74) is 15.4. The topological polar surface area (TPSA) is 226 Å². The fraction of sp³-hybridized carbons (Fsp3) is 0.597. The number of azide groups is 1. The molecular weight excluding hydrogens is 1220 g/mol. The first-order valence-electron chi connectivity index (χ1n) is 34.8. The van der Waals surface area contributed by atoms with Crippen molar-refractivity contribution >= 4 is 5.97 Å². The molecule has 0 aromatic heterocycles. The summed E-state index contributed by atoms with van der Waals surface area (Å²) in [6.45, 7) is 22.2. The number of esters is 1. The zero-order valence-electron chi connectivity index (χ0n) is 57.5. The Balaban J connectivity index is 0.940.